The van der Waals surface area contributed by atoms with Crippen molar-refractivity contribution in [1.29, 1.82) is 0 Å². The van der Waals surface area contributed by atoms with E-state index in [0.717, 1.165) is 23.8 Å². The van der Waals surface area contributed by atoms with E-state index in [1.54, 1.807) is 11.3 Å². The molecule has 1 aromatic rings. The predicted octanol–water partition coefficient (Wildman–Crippen LogP) is 3.93. The van der Waals surface area contributed by atoms with Crippen molar-refractivity contribution < 1.29 is 4.74 Å². The number of aryl methyl sites for hydroxylation is 1. The molecular formula is C13H20ClNOS. The molecule has 4 heteroatoms. The Kier molecular flexibility index (Phi) is 4.86. The first kappa shape index (κ1) is 13.3. The summed E-state index contributed by atoms with van der Waals surface area (Å²) in [5, 5.41) is 3.38. The molecule has 1 fully saturated rings. The van der Waals surface area contributed by atoms with Gasteiger partial charge in [0.25, 0.3) is 0 Å². The van der Waals surface area contributed by atoms with Crippen LogP contribution >= 0.6 is 22.9 Å². The van der Waals surface area contributed by atoms with Gasteiger partial charge in [-0.2, -0.15) is 0 Å². The van der Waals surface area contributed by atoms with Crippen molar-refractivity contribution >= 4 is 22.9 Å². The molecule has 2 rings (SSSR count). The fraction of sp³-hybridized carbons (Fsp3) is 0.692. The summed E-state index contributed by atoms with van der Waals surface area (Å²) in [6.45, 7) is 3.01. The Morgan fingerprint density at radius 1 is 1.65 bits per heavy atom. The summed E-state index contributed by atoms with van der Waals surface area (Å²) in [5.41, 5.74) is 1.18. The maximum absolute atomic E-state index is 6.12. The highest BCUT2D eigenvalue weighted by molar-refractivity contribution is 7.16. The molecule has 1 saturated heterocycles. The van der Waals surface area contributed by atoms with Gasteiger partial charge in [0.15, 0.2) is 0 Å². The first-order chi connectivity index (χ1) is 8.20. The van der Waals surface area contributed by atoms with Crippen molar-refractivity contribution in [2.24, 2.45) is 0 Å². The lowest BCUT2D eigenvalue weighted by molar-refractivity contribution is 0.0999. The molecule has 1 aliphatic heterocycles. The molecule has 0 amide bonds. The van der Waals surface area contributed by atoms with Crippen LogP contribution in [-0.4, -0.2) is 19.8 Å². The minimum absolute atomic E-state index is 0.412. The van der Waals surface area contributed by atoms with Gasteiger partial charge < -0.3 is 10.1 Å². The topological polar surface area (TPSA) is 21.3 Å². The molecule has 0 radical (unpaired) electrons. The number of hydrogen-bond acceptors (Lipinski definition) is 3. The largest absolute Gasteiger partial charge is 0.378 e. The lowest BCUT2D eigenvalue weighted by atomic mass is 10.0. The zero-order valence-corrected chi connectivity index (χ0v) is 12.0. The van der Waals surface area contributed by atoms with Gasteiger partial charge in [0.1, 0.15) is 0 Å². The fourth-order valence-electron chi connectivity index (χ4n) is 2.31. The quantitative estimate of drug-likeness (QED) is 0.878. The van der Waals surface area contributed by atoms with E-state index in [1.165, 1.54) is 23.3 Å². The standard InChI is InChI=1S/C13H20ClNOS/c1-9-8-12(17-13(9)14)11(15-2)6-5-10-4-3-7-16-10/h8,10-11,15H,3-7H2,1-2H3. The maximum atomic E-state index is 6.12. The Hall–Kier alpha value is -0.0900. The van der Waals surface area contributed by atoms with E-state index in [-0.39, 0.29) is 0 Å². The van der Waals surface area contributed by atoms with Crippen LogP contribution in [0.3, 0.4) is 0 Å². The molecule has 2 nitrogen and oxygen atoms in total. The minimum atomic E-state index is 0.412. The highest BCUT2D eigenvalue weighted by Gasteiger charge is 2.19. The summed E-state index contributed by atoms with van der Waals surface area (Å²) < 4.78 is 6.58. The number of halogens is 1. The van der Waals surface area contributed by atoms with Crippen molar-refractivity contribution in [2.75, 3.05) is 13.7 Å². The monoisotopic (exact) mass is 273 g/mol. The third kappa shape index (κ3) is 3.44. The van der Waals surface area contributed by atoms with Gasteiger partial charge in [0.05, 0.1) is 10.4 Å². The summed E-state index contributed by atoms with van der Waals surface area (Å²) >= 11 is 7.82. The Morgan fingerprint density at radius 2 is 2.47 bits per heavy atom. The number of thiophene rings is 1. The molecule has 2 atom stereocenters. The third-order valence-electron chi connectivity index (χ3n) is 3.37. The molecular weight excluding hydrogens is 254 g/mol. The maximum Gasteiger partial charge on any atom is 0.0960 e. The molecule has 2 unspecified atom stereocenters. The number of ether oxygens (including phenoxy) is 1. The van der Waals surface area contributed by atoms with Crippen molar-refractivity contribution in [3.8, 4) is 0 Å². The molecule has 0 aliphatic carbocycles. The van der Waals surface area contributed by atoms with Crippen LogP contribution in [0, 0.1) is 6.92 Å². The molecule has 0 bridgehead atoms. The molecule has 0 spiro atoms. The number of rotatable bonds is 5. The summed E-state index contributed by atoms with van der Waals surface area (Å²) in [5.74, 6) is 0. The molecule has 1 aromatic heterocycles. The highest BCUT2D eigenvalue weighted by atomic mass is 35.5. The minimum Gasteiger partial charge on any atom is -0.378 e. The normalized spacial score (nSPS) is 21.9. The van der Waals surface area contributed by atoms with Gasteiger partial charge in [-0.05, 0) is 51.3 Å². The summed E-state index contributed by atoms with van der Waals surface area (Å²) in [4.78, 5) is 1.34. The second kappa shape index (κ2) is 6.19. The van der Waals surface area contributed by atoms with Gasteiger partial charge in [0, 0.05) is 17.5 Å². The average molecular weight is 274 g/mol. The van der Waals surface area contributed by atoms with Gasteiger partial charge in [-0.1, -0.05) is 11.6 Å². The van der Waals surface area contributed by atoms with Crippen LogP contribution in [0.15, 0.2) is 6.07 Å². The van der Waals surface area contributed by atoms with Crippen LogP contribution in [0.2, 0.25) is 4.34 Å². The fourth-order valence-corrected chi connectivity index (χ4v) is 3.67. The lowest BCUT2D eigenvalue weighted by Gasteiger charge is -2.16. The van der Waals surface area contributed by atoms with Crippen molar-refractivity contribution in [3.63, 3.8) is 0 Å². The second-order valence-electron chi connectivity index (χ2n) is 4.66. The molecule has 0 aromatic carbocycles. The van der Waals surface area contributed by atoms with E-state index in [0.29, 0.717) is 12.1 Å². The third-order valence-corrected chi connectivity index (χ3v) is 5.04. The number of hydrogen-bond donors (Lipinski definition) is 1. The van der Waals surface area contributed by atoms with E-state index < -0.39 is 0 Å². The van der Waals surface area contributed by atoms with E-state index in [9.17, 15) is 0 Å². The van der Waals surface area contributed by atoms with Crippen molar-refractivity contribution in [1.82, 2.24) is 5.32 Å². The van der Waals surface area contributed by atoms with Crippen molar-refractivity contribution in [2.45, 2.75) is 44.8 Å². The summed E-state index contributed by atoms with van der Waals surface area (Å²) in [6, 6.07) is 2.61. The van der Waals surface area contributed by atoms with Crippen LogP contribution in [0.4, 0.5) is 0 Å². The lowest BCUT2D eigenvalue weighted by Crippen LogP contribution is -2.17. The Bertz CT molecular complexity index is 341. The van der Waals surface area contributed by atoms with E-state index >= 15 is 0 Å². The SMILES string of the molecule is CNC(CCC1CCCO1)c1cc(C)c(Cl)s1. The van der Waals surface area contributed by atoms with Crippen LogP contribution in [0.5, 0.6) is 0 Å². The van der Waals surface area contributed by atoms with E-state index in [1.807, 2.05) is 7.05 Å². The first-order valence-corrected chi connectivity index (χ1v) is 7.45. The van der Waals surface area contributed by atoms with Crippen LogP contribution in [0.1, 0.15) is 42.2 Å². The highest BCUT2D eigenvalue weighted by Crippen LogP contribution is 2.33. The Balaban J connectivity index is 1.91. The van der Waals surface area contributed by atoms with Crippen molar-refractivity contribution in [3.05, 3.63) is 20.8 Å². The van der Waals surface area contributed by atoms with Gasteiger partial charge in [-0.25, -0.2) is 0 Å². The van der Waals surface area contributed by atoms with Crippen LogP contribution in [-0.2, 0) is 4.74 Å². The molecule has 1 N–H and O–H groups in total. The molecule has 96 valence electrons. The van der Waals surface area contributed by atoms with E-state index in [4.69, 9.17) is 16.3 Å². The van der Waals surface area contributed by atoms with Crippen LogP contribution in [0.25, 0.3) is 0 Å². The van der Waals surface area contributed by atoms with Gasteiger partial charge in [-0.15, -0.1) is 11.3 Å². The van der Waals surface area contributed by atoms with Crippen LogP contribution < -0.4 is 5.32 Å². The summed E-state index contributed by atoms with van der Waals surface area (Å²) in [7, 11) is 2.02. The molecule has 17 heavy (non-hydrogen) atoms. The smallest absolute Gasteiger partial charge is 0.0960 e. The van der Waals surface area contributed by atoms with Gasteiger partial charge in [-0.3, -0.25) is 0 Å². The predicted molar refractivity (Wildman–Crippen MR) is 74.1 cm³/mol. The molecule has 0 saturated carbocycles. The Labute approximate surface area is 112 Å². The number of nitrogens with one attached hydrogen (secondary N) is 1. The van der Waals surface area contributed by atoms with E-state index in [2.05, 4.69) is 18.3 Å². The van der Waals surface area contributed by atoms with Gasteiger partial charge >= 0.3 is 0 Å². The van der Waals surface area contributed by atoms with Gasteiger partial charge in [0.2, 0.25) is 0 Å². The zero-order chi connectivity index (χ0) is 12.3. The zero-order valence-electron chi connectivity index (χ0n) is 10.5. The first-order valence-electron chi connectivity index (χ1n) is 6.25. The molecule has 2 heterocycles. The second-order valence-corrected chi connectivity index (χ2v) is 6.34. The summed E-state index contributed by atoms with van der Waals surface area (Å²) in [6.07, 6.45) is 5.18. The average Bonchev–Trinajstić information content (AvgIpc) is 2.91. The Morgan fingerprint density at radius 3 is 3.00 bits per heavy atom. The molecule has 1 aliphatic rings.